The van der Waals surface area contributed by atoms with Crippen molar-refractivity contribution < 1.29 is 13.2 Å². The molecule has 2 rings (SSSR count). The Bertz CT molecular complexity index is 836. The summed E-state index contributed by atoms with van der Waals surface area (Å²) < 4.78 is 25.2. The third-order valence-corrected chi connectivity index (χ3v) is 5.28. The molecule has 0 saturated heterocycles. The van der Waals surface area contributed by atoms with Crippen molar-refractivity contribution in [1.82, 2.24) is 20.2 Å². The average Bonchev–Trinajstić information content (AvgIpc) is 2.86. The van der Waals surface area contributed by atoms with E-state index >= 15 is 0 Å². The molecule has 0 radical (unpaired) electrons. The van der Waals surface area contributed by atoms with E-state index in [0.717, 1.165) is 6.26 Å². The van der Waals surface area contributed by atoms with Crippen molar-refractivity contribution in [3.8, 4) is 0 Å². The van der Waals surface area contributed by atoms with Crippen molar-refractivity contribution in [1.29, 1.82) is 0 Å². The van der Waals surface area contributed by atoms with Crippen molar-refractivity contribution in [3.63, 3.8) is 0 Å². The molecular formula is C11H10Cl2N4O3S2. The lowest BCUT2D eigenvalue weighted by Crippen LogP contribution is -2.11. The molecule has 0 aliphatic rings. The lowest BCUT2D eigenvalue weighted by molar-refractivity contribution is 0.108. The molecule has 0 unspecified atom stereocenters. The molecule has 118 valence electrons. The van der Waals surface area contributed by atoms with Crippen LogP contribution in [0.25, 0.3) is 0 Å². The van der Waals surface area contributed by atoms with Crippen LogP contribution in [0.3, 0.4) is 0 Å². The van der Waals surface area contributed by atoms with Gasteiger partial charge in [0.25, 0.3) is 5.24 Å². The fourth-order valence-corrected chi connectivity index (χ4v) is 3.77. The van der Waals surface area contributed by atoms with E-state index in [4.69, 9.17) is 23.2 Å². The highest BCUT2D eigenvalue weighted by Gasteiger charge is 2.22. The highest BCUT2D eigenvalue weighted by Crippen LogP contribution is 2.30. The van der Waals surface area contributed by atoms with Crippen molar-refractivity contribution in [2.75, 3.05) is 12.5 Å². The summed E-state index contributed by atoms with van der Waals surface area (Å²) in [4.78, 5) is 11.4. The van der Waals surface area contributed by atoms with Crippen molar-refractivity contribution >= 4 is 50.0 Å². The number of hydrogen-bond donors (Lipinski definition) is 0. The minimum atomic E-state index is -3.55. The maximum atomic E-state index is 11.9. The summed E-state index contributed by atoms with van der Waals surface area (Å²) in [6.07, 6.45) is 2.83. The molecule has 1 aromatic carbocycles. The first kappa shape index (κ1) is 17.2. The molecule has 0 amide bonds. The standard InChI is InChI=1S/C11H10Cl2N4O3S2/c1-21-11-14-15-16-17(11)5-7-8(22(2,19)20)4-3-6(9(7)12)10(13)18/h3-4H,5H2,1-2H3. The SMILES string of the molecule is CSc1nnnn1Cc1c(S(C)(=O)=O)ccc(C(=O)Cl)c1Cl. The van der Waals surface area contributed by atoms with Crippen LogP contribution >= 0.6 is 35.0 Å². The van der Waals surface area contributed by atoms with Gasteiger partial charge in [-0.05, 0) is 40.4 Å². The summed E-state index contributed by atoms with van der Waals surface area (Å²) in [5.41, 5.74) is 0.253. The number of nitrogens with zero attached hydrogens (tertiary/aromatic N) is 4. The summed E-state index contributed by atoms with van der Waals surface area (Å²) in [6, 6.07) is 2.59. The zero-order valence-electron chi connectivity index (χ0n) is 11.4. The molecule has 0 aliphatic heterocycles. The van der Waals surface area contributed by atoms with Crippen LogP contribution in [-0.2, 0) is 16.4 Å². The van der Waals surface area contributed by atoms with Crippen molar-refractivity contribution in [2.24, 2.45) is 0 Å². The van der Waals surface area contributed by atoms with Gasteiger partial charge in [0, 0.05) is 11.8 Å². The number of halogens is 2. The first-order valence-corrected chi connectivity index (χ1v) is 9.64. The van der Waals surface area contributed by atoms with Gasteiger partial charge in [0.1, 0.15) is 0 Å². The lowest BCUT2D eigenvalue weighted by Gasteiger charge is -2.12. The van der Waals surface area contributed by atoms with Gasteiger partial charge < -0.3 is 0 Å². The molecule has 22 heavy (non-hydrogen) atoms. The Kier molecular flexibility index (Phi) is 5.10. The Morgan fingerprint density at radius 3 is 2.64 bits per heavy atom. The van der Waals surface area contributed by atoms with Gasteiger partial charge in [-0.1, -0.05) is 23.4 Å². The number of hydrogen-bond acceptors (Lipinski definition) is 7. The van der Waals surface area contributed by atoms with Crippen LogP contribution in [0, 0.1) is 0 Å². The first-order chi connectivity index (χ1) is 10.3. The van der Waals surface area contributed by atoms with E-state index < -0.39 is 15.1 Å². The molecule has 0 spiro atoms. The molecule has 0 fully saturated rings. The molecular weight excluding hydrogens is 371 g/mol. The zero-order valence-corrected chi connectivity index (χ0v) is 14.6. The van der Waals surface area contributed by atoms with Gasteiger partial charge >= 0.3 is 0 Å². The van der Waals surface area contributed by atoms with Crippen LogP contribution in [0.1, 0.15) is 15.9 Å². The van der Waals surface area contributed by atoms with Crippen LogP contribution < -0.4 is 0 Å². The number of aromatic nitrogens is 4. The molecule has 2 aromatic rings. The van der Waals surface area contributed by atoms with Gasteiger partial charge in [-0.2, -0.15) is 0 Å². The fraction of sp³-hybridized carbons (Fsp3) is 0.273. The minimum absolute atomic E-state index is 0.00159. The highest BCUT2D eigenvalue weighted by atomic mass is 35.5. The molecule has 0 saturated carbocycles. The number of rotatable bonds is 5. The van der Waals surface area contributed by atoms with Gasteiger partial charge in [-0.15, -0.1) is 5.10 Å². The fourth-order valence-electron chi connectivity index (χ4n) is 1.84. The molecule has 0 aliphatic carbocycles. The van der Waals surface area contributed by atoms with Crippen molar-refractivity contribution in [2.45, 2.75) is 16.6 Å². The maximum Gasteiger partial charge on any atom is 0.253 e. The molecule has 0 N–H and O–H groups in total. The second-order valence-electron chi connectivity index (χ2n) is 4.27. The minimum Gasteiger partial charge on any atom is -0.276 e. The molecule has 7 nitrogen and oxygen atoms in total. The van der Waals surface area contributed by atoms with Crippen molar-refractivity contribution in [3.05, 3.63) is 28.3 Å². The first-order valence-electron chi connectivity index (χ1n) is 5.77. The summed E-state index contributed by atoms with van der Waals surface area (Å²) in [7, 11) is -3.55. The Morgan fingerprint density at radius 2 is 2.09 bits per heavy atom. The van der Waals surface area contributed by atoms with Crippen LogP contribution in [-0.4, -0.2) is 46.4 Å². The molecule has 11 heteroatoms. The Morgan fingerprint density at radius 1 is 1.41 bits per heavy atom. The van der Waals surface area contributed by atoms with E-state index in [1.54, 1.807) is 6.26 Å². The smallest absolute Gasteiger partial charge is 0.253 e. The summed E-state index contributed by atoms with van der Waals surface area (Å²) in [5, 5.41) is 10.8. The second kappa shape index (κ2) is 6.53. The summed E-state index contributed by atoms with van der Waals surface area (Å²) in [5.74, 6) is 0. The van der Waals surface area contributed by atoms with Gasteiger partial charge in [-0.25, -0.2) is 13.1 Å². The van der Waals surface area contributed by atoms with Gasteiger partial charge in [0.2, 0.25) is 5.16 Å². The van der Waals surface area contributed by atoms with Gasteiger partial charge in [0.05, 0.1) is 22.0 Å². The molecule has 1 heterocycles. The highest BCUT2D eigenvalue weighted by molar-refractivity contribution is 7.98. The number of tetrazole rings is 1. The maximum absolute atomic E-state index is 11.9. The number of benzene rings is 1. The summed E-state index contributed by atoms with van der Waals surface area (Å²) >= 11 is 12.9. The van der Waals surface area contributed by atoms with E-state index in [2.05, 4.69) is 15.5 Å². The molecule has 1 aromatic heterocycles. The summed E-state index contributed by atoms with van der Waals surface area (Å²) in [6.45, 7) is 0.00240. The van der Waals surface area contributed by atoms with E-state index in [-0.39, 0.29) is 27.6 Å². The topological polar surface area (TPSA) is 94.8 Å². The van der Waals surface area contributed by atoms with Gasteiger partial charge in [-0.3, -0.25) is 4.79 Å². The van der Waals surface area contributed by atoms with E-state index in [9.17, 15) is 13.2 Å². The second-order valence-corrected chi connectivity index (χ2v) is 7.75. The zero-order chi connectivity index (χ0) is 16.5. The Labute approximate surface area is 140 Å². The van der Waals surface area contributed by atoms with E-state index in [1.807, 2.05) is 0 Å². The third kappa shape index (κ3) is 3.43. The monoisotopic (exact) mass is 380 g/mol. The average molecular weight is 381 g/mol. The number of thioether (sulfide) groups is 1. The molecule has 0 bridgehead atoms. The van der Waals surface area contributed by atoms with Crippen LogP contribution in [0.15, 0.2) is 22.2 Å². The normalized spacial score (nSPS) is 11.6. The lowest BCUT2D eigenvalue weighted by atomic mass is 10.1. The van der Waals surface area contributed by atoms with E-state index in [0.29, 0.717) is 5.16 Å². The van der Waals surface area contributed by atoms with Gasteiger partial charge in [0.15, 0.2) is 9.84 Å². The largest absolute Gasteiger partial charge is 0.276 e. The molecule has 0 atom stereocenters. The van der Waals surface area contributed by atoms with Crippen LogP contribution in [0.4, 0.5) is 0 Å². The van der Waals surface area contributed by atoms with E-state index in [1.165, 1.54) is 28.6 Å². The predicted molar refractivity (Wildman–Crippen MR) is 83.4 cm³/mol. The Hall–Kier alpha value is -1.16. The quantitative estimate of drug-likeness (QED) is 0.576. The predicted octanol–water partition coefficient (Wildman–Crippen LogP) is 1.88. The third-order valence-electron chi connectivity index (χ3n) is 2.80. The number of carbonyl (C=O) groups excluding carboxylic acids is 1. The van der Waals surface area contributed by atoms with Crippen LogP contribution in [0.5, 0.6) is 0 Å². The Balaban J connectivity index is 2.65. The number of sulfone groups is 1. The van der Waals surface area contributed by atoms with Crippen LogP contribution in [0.2, 0.25) is 5.02 Å². The number of carbonyl (C=O) groups is 1.